The largest absolute Gasteiger partial charge is 0.497 e. The van der Waals surface area contributed by atoms with Gasteiger partial charge in [0.25, 0.3) is 5.91 Å². The number of amides is 1. The number of aromatic nitrogens is 2. The Labute approximate surface area is 186 Å². The summed E-state index contributed by atoms with van der Waals surface area (Å²) in [7, 11) is 1.62. The van der Waals surface area contributed by atoms with Crippen LogP contribution in [0.25, 0.3) is 11.4 Å². The van der Waals surface area contributed by atoms with E-state index in [0.717, 1.165) is 29.7 Å². The molecule has 1 aromatic heterocycles. The minimum Gasteiger partial charge on any atom is -0.497 e. The van der Waals surface area contributed by atoms with Gasteiger partial charge in [-0.05, 0) is 30.5 Å². The Kier molecular flexibility index (Phi) is 6.79. The van der Waals surface area contributed by atoms with Crippen molar-refractivity contribution in [3.63, 3.8) is 0 Å². The molecule has 8 heteroatoms. The molecule has 1 heterocycles. The van der Waals surface area contributed by atoms with Crippen LogP contribution in [-0.2, 0) is 27.3 Å². The highest BCUT2D eigenvalue weighted by Gasteiger charge is 2.33. The Morgan fingerprint density at radius 3 is 2.53 bits per heavy atom. The zero-order valence-corrected chi connectivity index (χ0v) is 17.9. The second-order valence-corrected chi connectivity index (χ2v) is 7.64. The summed E-state index contributed by atoms with van der Waals surface area (Å²) in [6, 6.07) is 17.2. The van der Waals surface area contributed by atoms with E-state index in [2.05, 4.69) is 10.1 Å². The third kappa shape index (κ3) is 5.72. The van der Waals surface area contributed by atoms with Crippen LogP contribution in [-0.4, -0.2) is 46.7 Å². The molecule has 0 bridgehead atoms. The van der Waals surface area contributed by atoms with Gasteiger partial charge < -0.3 is 18.9 Å². The van der Waals surface area contributed by atoms with E-state index >= 15 is 0 Å². The molecule has 1 amide bonds. The van der Waals surface area contributed by atoms with E-state index in [4.69, 9.17) is 14.0 Å². The van der Waals surface area contributed by atoms with Crippen LogP contribution < -0.4 is 4.74 Å². The summed E-state index contributed by atoms with van der Waals surface area (Å²) in [5.74, 6) is 0.928. The number of esters is 1. The lowest BCUT2D eigenvalue weighted by Gasteiger charge is -2.22. The molecular formula is C24H25N3O5. The molecule has 4 rings (SSSR count). The number of hydrogen-bond donors (Lipinski definition) is 0. The number of hydrogen-bond acceptors (Lipinski definition) is 7. The molecule has 1 saturated carbocycles. The average molecular weight is 435 g/mol. The minimum atomic E-state index is -0.474. The number of benzene rings is 2. The van der Waals surface area contributed by atoms with Crippen molar-refractivity contribution in [2.75, 3.05) is 13.7 Å². The number of aryl methyl sites for hydroxylation is 1. The van der Waals surface area contributed by atoms with Crippen LogP contribution in [0.2, 0.25) is 0 Å². The zero-order chi connectivity index (χ0) is 22.3. The van der Waals surface area contributed by atoms with Crippen LogP contribution in [0.1, 0.15) is 30.7 Å². The fourth-order valence-corrected chi connectivity index (χ4v) is 3.30. The van der Waals surface area contributed by atoms with Crippen molar-refractivity contribution in [3.05, 3.63) is 66.1 Å². The summed E-state index contributed by atoms with van der Waals surface area (Å²) in [5, 5.41) is 3.93. The third-order valence-electron chi connectivity index (χ3n) is 5.22. The van der Waals surface area contributed by atoms with Gasteiger partial charge in [-0.25, -0.2) is 0 Å². The van der Waals surface area contributed by atoms with E-state index in [0.29, 0.717) is 18.3 Å². The lowest BCUT2D eigenvalue weighted by Crippen LogP contribution is -2.36. The van der Waals surface area contributed by atoms with Gasteiger partial charge in [-0.15, -0.1) is 0 Å². The summed E-state index contributed by atoms with van der Waals surface area (Å²) in [6.45, 7) is 0.208. The van der Waals surface area contributed by atoms with Gasteiger partial charge in [-0.2, -0.15) is 4.98 Å². The Bertz CT molecular complexity index is 1050. The molecule has 0 unspecified atom stereocenters. The minimum absolute atomic E-state index is 0.0611. The van der Waals surface area contributed by atoms with E-state index < -0.39 is 5.97 Å². The van der Waals surface area contributed by atoms with Crippen molar-refractivity contribution in [3.8, 4) is 17.1 Å². The Morgan fingerprint density at radius 2 is 1.84 bits per heavy atom. The van der Waals surface area contributed by atoms with Crippen LogP contribution in [0.15, 0.2) is 59.1 Å². The van der Waals surface area contributed by atoms with Gasteiger partial charge in [-0.3, -0.25) is 9.59 Å². The van der Waals surface area contributed by atoms with Crippen LogP contribution in [0, 0.1) is 0 Å². The molecule has 0 atom stereocenters. The van der Waals surface area contributed by atoms with Crippen molar-refractivity contribution in [1.82, 2.24) is 15.0 Å². The van der Waals surface area contributed by atoms with Crippen molar-refractivity contribution in [2.24, 2.45) is 0 Å². The predicted molar refractivity (Wildman–Crippen MR) is 116 cm³/mol. The molecular weight excluding hydrogens is 410 g/mol. The summed E-state index contributed by atoms with van der Waals surface area (Å²) in [4.78, 5) is 30.9. The van der Waals surface area contributed by atoms with Gasteiger partial charge in [-0.1, -0.05) is 47.6 Å². The molecule has 1 aliphatic carbocycles. The predicted octanol–water partition coefficient (Wildman–Crippen LogP) is 3.41. The average Bonchev–Trinajstić information content (AvgIpc) is 3.57. The zero-order valence-electron chi connectivity index (χ0n) is 17.9. The molecule has 0 saturated heterocycles. The summed E-state index contributed by atoms with van der Waals surface area (Å²) < 4.78 is 15.6. The number of carbonyl (C=O) groups excluding carboxylic acids is 2. The van der Waals surface area contributed by atoms with Gasteiger partial charge >= 0.3 is 5.97 Å². The van der Waals surface area contributed by atoms with E-state index in [9.17, 15) is 9.59 Å². The fraction of sp³-hybridized carbons (Fsp3) is 0.333. The number of methoxy groups -OCH3 is 1. The van der Waals surface area contributed by atoms with Gasteiger partial charge in [0.2, 0.25) is 11.7 Å². The normalized spacial score (nSPS) is 12.9. The van der Waals surface area contributed by atoms with Gasteiger partial charge in [0, 0.05) is 24.6 Å². The Hall–Kier alpha value is -3.68. The van der Waals surface area contributed by atoms with Crippen molar-refractivity contribution < 1.29 is 23.6 Å². The molecule has 1 aliphatic rings. The van der Waals surface area contributed by atoms with Crippen LogP contribution in [0.4, 0.5) is 0 Å². The first-order valence-electron chi connectivity index (χ1n) is 10.6. The topological polar surface area (TPSA) is 94.8 Å². The van der Waals surface area contributed by atoms with Crippen LogP contribution >= 0.6 is 0 Å². The van der Waals surface area contributed by atoms with Crippen molar-refractivity contribution in [2.45, 2.75) is 38.3 Å². The highest BCUT2D eigenvalue weighted by atomic mass is 16.5. The SMILES string of the molecule is COc1ccc(CN(C(=O)COC(=O)CCc2nc(-c3ccccc3)no2)C2CC2)cc1. The molecule has 166 valence electrons. The van der Waals surface area contributed by atoms with Crippen molar-refractivity contribution >= 4 is 11.9 Å². The molecule has 0 N–H and O–H groups in total. The van der Waals surface area contributed by atoms with E-state index in [1.807, 2.05) is 54.6 Å². The van der Waals surface area contributed by atoms with E-state index in [1.165, 1.54) is 0 Å². The van der Waals surface area contributed by atoms with Gasteiger partial charge in [0.05, 0.1) is 13.5 Å². The maximum absolute atomic E-state index is 12.7. The molecule has 0 aliphatic heterocycles. The number of carbonyl (C=O) groups is 2. The number of rotatable bonds is 10. The quantitative estimate of drug-likeness (QED) is 0.450. The lowest BCUT2D eigenvalue weighted by atomic mass is 10.2. The van der Waals surface area contributed by atoms with Crippen molar-refractivity contribution in [1.29, 1.82) is 0 Å². The first kappa shape index (κ1) is 21.5. The Balaban J connectivity index is 1.24. The second kappa shape index (κ2) is 10.1. The molecule has 1 fully saturated rings. The third-order valence-corrected chi connectivity index (χ3v) is 5.22. The molecule has 0 radical (unpaired) electrons. The smallest absolute Gasteiger partial charge is 0.306 e. The first-order chi connectivity index (χ1) is 15.6. The Morgan fingerprint density at radius 1 is 1.09 bits per heavy atom. The number of nitrogens with zero attached hydrogens (tertiary/aromatic N) is 3. The fourth-order valence-electron chi connectivity index (χ4n) is 3.30. The first-order valence-corrected chi connectivity index (χ1v) is 10.6. The highest BCUT2D eigenvalue weighted by molar-refractivity contribution is 5.81. The molecule has 32 heavy (non-hydrogen) atoms. The van der Waals surface area contributed by atoms with Crippen LogP contribution in [0.3, 0.4) is 0 Å². The van der Waals surface area contributed by atoms with Gasteiger partial charge in [0.15, 0.2) is 6.61 Å². The summed E-state index contributed by atoms with van der Waals surface area (Å²) >= 11 is 0. The maximum atomic E-state index is 12.7. The van der Waals surface area contributed by atoms with Crippen LogP contribution in [0.5, 0.6) is 5.75 Å². The van der Waals surface area contributed by atoms with E-state index in [-0.39, 0.29) is 31.4 Å². The molecule has 3 aromatic rings. The van der Waals surface area contributed by atoms with E-state index in [1.54, 1.807) is 12.0 Å². The maximum Gasteiger partial charge on any atom is 0.306 e. The second-order valence-electron chi connectivity index (χ2n) is 7.64. The standard InChI is InChI=1S/C24H25N3O5/c1-30-20-11-7-17(8-12-20)15-27(19-9-10-19)22(28)16-31-23(29)14-13-21-25-24(26-32-21)18-5-3-2-4-6-18/h2-8,11-12,19H,9-10,13-16H2,1H3. The molecule has 2 aromatic carbocycles. The highest BCUT2D eigenvalue weighted by Crippen LogP contribution is 2.29. The summed E-state index contributed by atoms with van der Waals surface area (Å²) in [6.07, 6.45) is 2.25. The van der Waals surface area contributed by atoms with Gasteiger partial charge in [0.1, 0.15) is 5.75 Å². The summed E-state index contributed by atoms with van der Waals surface area (Å²) in [5.41, 5.74) is 1.84. The molecule has 0 spiro atoms. The number of ether oxygens (including phenoxy) is 2. The lowest BCUT2D eigenvalue weighted by molar-refractivity contribution is -0.152. The monoisotopic (exact) mass is 435 g/mol. The molecule has 8 nitrogen and oxygen atoms in total.